The van der Waals surface area contributed by atoms with Gasteiger partial charge >= 0.3 is 5.97 Å². The van der Waals surface area contributed by atoms with Crippen molar-refractivity contribution in [2.75, 3.05) is 0 Å². The van der Waals surface area contributed by atoms with Crippen molar-refractivity contribution in [1.82, 2.24) is 14.1 Å². The molecule has 3 rings (SSSR count). The molecule has 10 heteroatoms. The lowest BCUT2D eigenvalue weighted by Crippen LogP contribution is -2.45. The number of esters is 1. The van der Waals surface area contributed by atoms with Gasteiger partial charge in [-0.05, 0) is 18.1 Å². The van der Waals surface area contributed by atoms with Crippen LogP contribution in [0.5, 0.6) is 0 Å². The fourth-order valence-corrected chi connectivity index (χ4v) is 4.58. The number of carbonyl (C=O) groups is 1. The smallest absolute Gasteiger partial charge is 0.324 e. The molecule has 2 aromatic heterocycles. The molecule has 0 bridgehead atoms. The van der Waals surface area contributed by atoms with E-state index in [0.29, 0.717) is 10.7 Å². The highest BCUT2D eigenvalue weighted by Crippen LogP contribution is 2.13. The third kappa shape index (κ3) is 4.46. The highest BCUT2D eigenvalue weighted by atomic mass is 32.2. The number of sulfonamides is 1. The number of hydrogen-bond donors (Lipinski definition) is 1. The summed E-state index contributed by atoms with van der Waals surface area (Å²) in [6.45, 7) is 3.20. The van der Waals surface area contributed by atoms with Gasteiger partial charge in [0.1, 0.15) is 12.6 Å². The Morgan fingerprint density at radius 1 is 1.29 bits per heavy atom. The van der Waals surface area contributed by atoms with E-state index in [1.54, 1.807) is 43.6 Å². The van der Waals surface area contributed by atoms with E-state index in [4.69, 9.17) is 4.74 Å². The minimum atomic E-state index is -3.88. The van der Waals surface area contributed by atoms with Crippen LogP contribution >= 0.6 is 11.3 Å². The van der Waals surface area contributed by atoms with Gasteiger partial charge in [0.05, 0.1) is 10.6 Å². The molecule has 0 radical (unpaired) electrons. The predicted octanol–water partition coefficient (Wildman–Crippen LogP) is 1.80. The Hall–Kier alpha value is -2.56. The Balaban J connectivity index is 1.73. The number of carbonyl (C=O) groups excluding carboxylic acids is 1. The summed E-state index contributed by atoms with van der Waals surface area (Å²) in [5.41, 5.74) is 0.0247. The van der Waals surface area contributed by atoms with Gasteiger partial charge in [-0.1, -0.05) is 32.0 Å². The van der Waals surface area contributed by atoms with Crippen molar-refractivity contribution >= 4 is 32.3 Å². The minimum Gasteiger partial charge on any atom is -0.458 e. The zero-order valence-corrected chi connectivity index (χ0v) is 16.9. The number of benzene rings is 1. The first-order valence-electron chi connectivity index (χ1n) is 8.48. The second-order valence-electron chi connectivity index (χ2n) is 6.41. The largest absolute Gasteiger partial charge is 0.458 e. The molecule has 0 aliphatic rings. The molecule has 0 amide bonds. The number of ether oxygens (including phenoxy) is 1. The zero-order chi connectivity index (χ0) is 20.3. The van der Waals surface area contributed by atoms with Crippen molar-refractivity contribution in [2.24, 2.45) is 5.92 Å². The number of aromatic nitrogens is 2. The monoisotopic (exact) mass is 421 g/mol. The number of fused-ring (bicyclic) bond motifs is 1. The SMILES string of the molecule is CC(C)[C@H](NS(=O)(=O)c1ccccc1)C(=O)OCc1cc(=O)n2ccsc2n1. The van der Waals surface area contributed by atoms with Crippen LogP contribution in [0.3, 0.4) is 0 Å². The molecular weight excluding hydrogens is 402 g/mol. The van der Waals surface area contributed by atoms with Crippen molar-refractivity contribution in [2.45, 2.75) is 31.4 Å². The Bertz CT molecular complexity index is 1140. The van der Waals surface area contributed by atoms with E-state index in [1.807, 2.05) is 0 Å². The van der Waals surface area contributed by atoms with Gasteiger partial charge in [0, 0.05) is 17.6 Å². The lowest BCUT2D eigenvalue weighted by Gasteiger charge is -2.20. The van der Waals surface area contributed by atoms with Crippen molar-refractivity contribution in [1.29, 1.82) is 0 Å². The van der Waals surface area contributed by atoms with E-state index in [1.165, 1.54) is 33.9 Å². The third-order valence-electron chi connectivity index (χ3n) is 3.97. The Labute approximate surface area is 165 Å². The lowest BCUT2D eigenvalue weighted by atomic mass is 10.1. The first kappa shape index (κ1) is 20.2. The second kappa shape index (κ2) is 8.21. The number of thiazole rings is 1. The van der Waals surface area contributed by atoms with E-state index >= 15 is 0 Å². The van der Waals surface area contributed by atoms with Gasteiger partial charge in [-0.2, -0.15) is 4.72 Å². The van der Waals surface area contributed by atoms with Gasteiger partial charge < -0.3 is 4.74 Å². The van der Waals surface area contributed by atoms with E-state index in [0.717, 1.165) is 0 Å². The Morgan fingerprint density at radius 2 is 2.00 bits per heavy atom. The zero-order valence-electron chi connectivity index (χ0n) is 15.2. The summed E-state index contributed by atoms with van der Waals surface area (Å²) in [6, 6.07) is 8.00. The maximum Gasteiger partial charge on any atom is 0.324 e. The summed E-state index contributed by atoms with van der Waals surface area (Å²) < 4.78 is 34.1. The molecule has 1 aromatic carbocycles. The van der Waals surface area contributed by atoms with Gasteiger partial charge in [-0.25, -0.2) is 13.4 Å². The maximum absolute atomic E-state index is 12.5. The maximum atomic E-state index is 12.5. The van der Waals surface area contributed by atoms with Crippen molar-refractivity contribution in [3.05, 3.63) is 64.0 Å². The molecule has 0 fully saturated rings. The first-order chi connectivity index (χ1) is 13.3. The number of nitrogens with zero attached hydrogens (tertiary/aromatic N) is 2. The fraction of sp³-hybridized carbons (Fsp3) is 0.278. The predicted molar refractivity (Wildman–Crippen MR) is 105 cm³/mol. The summed E-state index contributed by atoms with van der Waals surface area (Å²) in [5.74, 6) is -1.08. The highest BCUT2D eigenvalue weighted by molar-refractivity contribution is 7.89. The molecule has 1 N–H and O–H groups in total. The van der Waals surface area contributed by atoms with Gasteiger partial charge in [0.15, 0.2) is 4.96 Å². The molecule has 0 aliphatic carbocycles. The molecule has 0 spiro atoms. The molecule has 2 heterocycles. The van der Waals surface area contributed by atoms with Gasteiger partial charge in [0.25, 0.3) is 5.56 Å². The molecule has 3 aromatic rings. The van der Waals surface area contributed by atoms with Crippen molar-refractivity contribution in [3.63, 3.8) is 0 Å². The van der Waals surface area contributed by atoms with Crippen LogP contribution < -0.4 is 10.3 Å². The van der Waals surface area contributed by atoms with Crippen molar-refractivity contribution < 1.29 is 17.9 Å². The van der Waals surface area contributed by atoms with Crippen LogP contribution in [0.15, 0.2) is 57.7 Å². The van der Waals surface area contributed by atoms with Crippen LogP contribution in [0.1, 0.15) is 19.5 Å². The summed E-state index contributed by atoms with van der Waals surface area (Å²) in [7, 11) is -3.88. The molecule has 0 unspecified atom stereocenters. The molecule has 0 aliphatic heterocycles. The minimum absolute atomic E-state index is 0.0614. The Morgan fingerprint density at radius 3 is 2.68 bits per heavy atom. The van der Waals surface area contributed by atoms with Crippen LogP contribution in [0.2, 0.25) is 0 Å². The molecular formula is C18H19N3O5S2. The lowest BCUT2D eigenvalue weighted by molar-refractivity contribution is -0.148. The van der Waals surface area contributed by atoms with Gasteiger partial charge in [-0.3, -0.25) is 14.0 Å². The average Bonchev–Trinajstić information content (AvgIpc) is 3.14. The van der Waals surface area contributed by atoms with E-state index < -0.39 is 22.0 Å². The standard InChI is InChI=1S/C18H19N3O5S2/c1-12(2)16(20-28(24,25)14-6-4-3-5-7-14)17(23)26-11-13-10-15(22)21-8-9-27-18(21)19-13/h3-10,12,16,20H,11H2,1-2H3/t16-/m0/s1. The summed E-state index contributed by atoms with van der Waals surface area (Å²) in [4.78, 5) is 29.3. The fourth-order valence-electron chi connectivity index (χ4n) is 2.49. The van der Waals surface area contributed by atoms with Crippen LogP contribution in [-0.4, -0.2) is 29.8 Å². The van der Waals surface area contributed by atoms with Gasteiger partial charge in [0.2, 0.25) is 10.0 Å². The number of hydrogen-bond acceptors (Lipinski definition) is 7. The van der Waals surface area contributed by atoms with Crippen LogP contribution in [0.25, 0.3) is 4.96 Å². The molecule has 28 heavy (non-hydrogen) atoms. The number of rotatable bonds is 7. The molecule has 1 atom stereocenters. The van der Waals surface area contributed by atoms with Crippen molar-refractivity contribution in [3.8, 4) is 0 Å². The quantitative estimate of drug-likeness (QED) is 0.583. The second-order valence-corrected chi connectivity index (χ2v) is 8.99. The first-order valence-corrected chi connectivity index (χ1v) is 10.8. The molecule has 8 nitrogen and oxygen atoms in total. The van der Waals surface area contributed by atoms with Crippen LogP contribution in [0.4, 0.5) is 0 Å². The molecule has 0 saturated heterocycles. The average molecular weight is 422 g/mol. The van der Waals surface area contributed by atoms with Gasteiger partial charge in [-0.15, -0.1) is 11.3 Å². The molecule has 0 saturated carbocycles. The highest BCUT2D eigenvalue weighted by Gasteiger charge is 2.29. The number of nitrogens with one attached hydrogen (secondary N) is 1. The van der Waals surface area contributed by atoms with E-state index in [2.05, 4.69) is 9.71 Å². The van der Waals surface area contributed by atoms with Crippen LogP contribution in [0, 0.1) is 5.92 Å². The topological polar surface area (TPSA) is 107 Å². The molecule has 148 valence electrons. The third-order valence-corrected chi connectivity index (χ3v) is 6.19. The summed E-state index contributed by atoms with van der Waals surface area (Å²) >= 11 is 1.29. The van der Waals surface area contributed by atoms with E-state index in [-0.39, 0.29) is 23.0 Å². The van der Waals surface area contributed by atoms with E-state index in [9.17, 15) is 18.0 Å². The normalized spacial score (nSPS) is 13.0. The summed E-state index contributed by atoms with van der Waals surface area (Å²) in [5, 5.41) is 1.73. The summed E-state index contributed by atoms with van der Waals surface area (Å²) in [6.07, 6.45) is 1.61. The van der Waals surface area contributed by atoms with Crippen LogP contribution in [-0.2, 0) is 26.2 Å². The Kier molecular flexibility index (Phi) is 5.92.